The molecule has 1 aromatic carbocycles. The predicted molar refractivity (Wildman–Crippen MR) is 114 cm³/mol. The van der Waals surface area contributed by atoms with Crippen molar-refractivity contribution in [3.8, 4) is 5.69 Å². The van der Waals surface area contributed by atoms with Gasteiger partial charge in [0.15, 0.2) is 5.65 Å². The lowest BCUT2D eigenvalue weighted by Crippen LogP contribution is -2.45. The summed E-state index contributed by atoms with van der Waals surface area (Å²) in [7, 11) is 0. The molecular weight excluding hydrogens is 364 g/mol. The molecule has 7 nitrogen and oxygen atoms in total. The number of hydrogen-bond donors (Lipinski definition) is 0. The van der Waals surface area contributed by atoms with Crippen LogP contribution in [0.4, 0.5) is 5.82 Å². The molecular formula is C22H28N6O. The highest BCUT2D eigenvalue weighted by Gasteiger charge is 2.30. The fourth-order valence-corrected chi connectivity index (χ4v) is 4.20. The van der Waals surface area contributed by atoms with Crippen LogP contribution in [0.5, 0.6) is 0 Å². The standard InChI is InChI=1S/C22H28N6O/c1-4-26(5-2)22(29)17-9-7-11-27(14-17)20-19-13-25-28(21(19)24-15-23-20)18-10-6-8-16(3)12-18/h6,8,10,12-13,15,17H,4-5,7,9,11,14H2,1-3H3/t17-/m0/s1. The minimum atomic E-state index is 0.0143. The van der Waals surface area contributed by atoms with Crippen LogP contribution in [0.25, 0.3) is 16.7 Å². The van der Waals surface area contributed by atoms with Gasteiger partial charge in [-0.3, -0.25) is 4.79 Å². The SMILES string of the molecule is CCN(CC)C(=O)[C@H]1CCCN(c2ncnc3c2cnn3-c2cccc(C)c2)C1. The van der Waals surface area contributed by atoms with Crippen LogP contribution in [0.15, 0.2) is 36.8 Å². The predicted octanol–water partition coefficient (Wildman–Crippen LogP) is 3.21. The molecule has 0 unspecified atom stereocenters. The van der Waals surface area contributed by atoms with Gasteiger partial charge in [-0.25, -0.2) is 14.6 Å². The minimum Gasteiger partial charge on any atom is -0.355 e. The van der Waals surface area contributed by atoms with Gasteiger partial charge in [-0.15, -0.1) is 0 Å². The molecule has 7 heteroatoms. The molecule has 1 fully saturated rings. The highest BCUT2D eigenvalue weighted by Crippen LogP contribution is 2.29. The van der Waals surface area contributed by atoms with Crippen molar-refractivity contribution in [3.05, 3.63) is 42.4 Å². The van der Waals surface area contributed by atoms with E-state index in [0.717, 1.165) is 55.0 Å². The summed E-state index contributed by atoms with van der Waals surface area (Å²) in [5.41, 5.74) is 2.95. The molecule has 0 radical (unpaired) electrons. The van der Waals surface area contributed by atoms with E-state index in [1.807, 2.05) is 41.8 Å². The number of benzene rings is 1. The Morgan fingerprint density at radius 2 is 2.07 bits per heavy atom. The third-order valence-electron chi connectivity index (χ3n) is 5.74. The van der Waals surface area contributed by atoms with Gasteiger partial charge in [-0.2, -0.15) is 5.10 Å². The molecule has 29 heavy (non-hydrogen) atoms. The number of carbonyl (C=O) groups excluding carboxylic acids is 1. The van der Waals surface area contributed by atoms with Crippen LogP contribution in [0, 0.1) is 12.8 Å². The molecule has 0 aliphatic carbocycles. The number of carbonyl (C=O) groups is 1. The van der Waals surface area contributed by atoms with Crippen molar-refractivity contribution in [3.63, 3.8) is 0 Å². The lowest BCUT2D eigenvalue weighted by atomic mass is 9.96. The molecule has 1 atom stereocenters. The van der Waals surface area contributed by atoms with E-state index in [2.05, 4.69) is 39.0 Å². The van der Waals surface area contributed by atoms with Crippen molar-refractivity contribution in [1.82, 2.24) is 24.6 Å². The van der Waals surface area contributed by atoms with Crippen LogP contribution in [-0.2, 0) is 4.79 Å². The van der Waals surface area contributed by atoms with E-state index in [0.29, 0.717) is 6.54 Å². The number of hydrogen-bond acceptors (Lipinski definition) is 5. The Hall–Kier alpha value is -2.96. The lowest BCUT2D eigenvalue weighted by molar-refractivity contribution is -0.135. The van der Waals surface area contributed by atoms with Gasteiger partial charge in [0.1, 0.15) is 12.1 Å². The molecule has 0 saturated carbocycles. The summed E-state index contributed by atoms with van der Waals surface area (Å²) >= 11 is 0. The first-order valence-corrected chi connectivity index (χ1v) is 10.4. The van der Waals surface area contributed by atoms with E-state index in [1.165, 1.54) is 5.56 Å². The van der Waals surface area contributed by atoms with Crippen molar-refractivity contribution < 1.29 is 4.79 Å². The Morgan fingerprint density at radius 3 is 2.83 bits per heavy atom. The van der Waals surface area contributed by atoms with Gasteiger partial charge in [0.25, 0.3) is 0 Å². The average molecular weight is 393 g/mol. The summed E-state index contributed by atoms with van der Waals surface area (Å²) in [4.78, 5) is 26.1. The maximum atomic E-state index is 12.9. The van der Waals surface area contributed by atoms with Gasteiger partial charge in [0.2, 0.25) is 5.91 Å². The maximum Gasteiger partial charge on any atom is 0.227 e. The quantitative estimate of drug-likeness (QED) is 0.667. The van der Waals surface area contributed by atoms with Crippen molar-refractivity contribution in [2.75, 3.05) is 31.1 Å². The normalized spacial score (nSPS) is 16.9. The monoisotopic (exact) mass is 392 g/mol. The molecule has 4 rings (SSSR count). The molecule has 0 spiro atoms. The van der Waals surface area contributed by atoms with Crippen LogP contribution in [0.1, 0.15) is 32.3 Å². The van der Waals surface area contributed by atoms with E-state index in [-0.39, 0.29) is 11.8 Å². The third kappa shape index (κ3) is 3.69. The summed E-state index contributed by atoms with van der Waals surface area (Å²) in [6, 6.07) is 8.21. The summed E-state index contributed by atoms with van der Waals surface area (Å²) in [6.07, 6.45) is 5.35. The van der Waals surface area contributed by atoms with E-state index < -0.39 is 0 Å². The number of piperidine rings is 1. The highest BCUT2D eigenvalue weighted by atomic mass is 16.2. The topological polar surface area (TPSA) is 67.2 Å². The number of rotatable bonds is 5. The molecule has 3 heterocycles. The van der Waals surface area contributed by atoms with Crippen molar-refractivity contribution >= 4 is 22.8 Å². The summed E-state index contributed by atoms with van der Waals surface area (Å²) < 4.78 is 1.86. The van der Waals surface area contributed by atoms with Crippen LogP contribution in [0.2, 0.25) is 0 Å². The van der Waals surface area contributed by atoms with Gasteiger partial charge in [0, 0.05) is 26.2 Å². The van der Waals surface area contributed by atoms with Crippen molar-refractivity contribution in [2.45, 2.75) is 33.6 Å². The first-order valence-electron chi connectivity index (χ1n) is 10.4. The first kappa shape index (κ1) is 19.4. The Balaban J connectivity index is 1.65. The van der Waals surface area contributed by atoms with Gasteiger partial charge in [-0.1, -0.05) is 12.1 Å². The van der Waals surface area contributed by atoms with Crippen LogP contribution in [0.3, 0.4) is 0 Å². The second-order valence-corrected chi connectivity index (χ2v) is 7.63. The molecule has 152 valence electrons. The molecule has 2 aromatic heterocycles. The molecule has 3 aromatic rings. The molecule has 1 saturated heterocycles. The summed E-state index contributed by atoms with van der Waals surface area (Å²) in [5, 5.41) is 5.50. The number of amides is 1. The van der Waals surface area contributed by atoms with Gasteiger partial charge in [-0.05, 0) is 51.3 Å². The molecule has 1 aliphatic heterocycles. The van der Waals surface area contributed by atoms with E-state index in [1.54, 1.807) is 6.33 Å². The number of anilines is 1. The van der Waals surface area contributed by atoms with E-state index >= 15 is 0 Å². The molecule has 1 amide bonds. The largest absolute Gasteiger partial charge is 0.355 e. The van der Waals surface area contributed by atoms with Crippen LogP contribution in [-0.4, -0.2) is 56.7 Å². The van der Waals surface area contributed by atoms with E-state index in [4.69, 9.17) is 0 Å². The second-order valence-electron chi connectivity index (χ2n) is 7.63. The maximum absolute atomic E-state index is 12.9. The number of aryl methyl sites for hydroxylation is 1. The second kappa shape index (κ2) is 8.19. The summed E-state index contributed by atoms with van der Waals surface area (Å²) in [5.74, 6) is 1.13. The van der Waals surface area contributed by atoms with Crippen LogP contribution >= 0.6 is 0 Å². The zero-order valence-electron chi connectivity index (χ0n) is 17.4. The average Bonchev–Trinajstić information content (AvgIpc) is 3.19. The van der Waals surface area contributed by atoms with Gasteiger partial charge in [0.05, 0.1) is 23.2 Å². The smallest absolute Gasteiger partial charge is 0.227 e. The molecule has 0 bridgehead atoms. The molecule has 0 N–H and O–H groups in total. The number of fused-ring (bicyclic) bond motifs is 1. The van der Waals surface area contributed by atoms with Gasteiger partial charge < -0.3 is 9.80 Å². The zero-order valence-corrected chi connectivity index (χ0v) is 17.4. The van der Waals surface area contributed by atoms with Gasteiger partial charge >= 0.3 is 0 Å². The Bertz CT molecular complexity index is 1010. The minimum absolute atomic E-state index is 0.0143. The van der Waals surface area contributed by atoms with Crippen molar-refractivity contribution in [1.29, 1.82) is 0 Å². The Kier molecular flexibility index (Phi) is 5.47. The first-order chi connectivity index (χ1) is 14.1. The van der Waals surface area contributed by atoms with Crippen LogP contribution < -0.4 is 4.90 Å². The Labute approximate surface area is 171 Å². The fraction of sp³-hybridized carbons (Fsp3) is 0.455. The van der Waals surface area contributed by atoms with Crippen molar-refractivity contribution in [2.24, 2.45) is 5.92 Å². The number of nitrogens with zero attached hydrogens (tertiary/aromatic N) is 6. The van der Waals surface area contributed by atoms with E-state index in [9.17, 15) is 4.79 Å². The highest BCUT2D eigenvalue weighted by molar-refractivity contribution is 5.88. The lowest BCUT2D eigenvalue weighted by Gasteiger charge is -2.35. The third-order valence-corrected chi connectivity index (χ3v) is 5.74. The molecule has 1 aliphatic rings. The number of aromatic nitrogens is 4. The Morgan fingerprint density at radius 1 is 1.24 bits per heavy atom. The summed E-state index contributed by atoms with van der Waals surface area (Å²) in [6.45, 7) is 9.24. The zero-order chi connectivity index (χ0) is 20.4. The fourth-order valence-electron chi connectivity index (χ4n) is 4.20.